The van der Waals surface area contributed by atoms with Gasteiger partial charge in [-0.25, -0.2) is 4.98 Å². The second-order valence-corrected chi connectivity index (χ2v) is 7.76. The predicted molar refractivity (Wildman–Crippen MR) is 100 cm³/mol. The Hall–Kier alpha value is -1.79. The number of carbonyl (C=O) groups is 1. The number of halogens is 1. The van der Waals surface area contributed by atoms with Gasteiger partial charge in [-0.1, -0.05) is 11.6 Å². The molecule has 1 aromatic carbocycles. The molecule has 7 heteroatoms. The Kier molecular flexibility index (Phi) is 5.26. The molecule has 1 amide bonds. The van der Waals surface area contributed by atoms with E-state index in [1.807, 2.05) is 12.1 Å². The Bertz CT molecular complexity index is 733. The summed E-state index contributed by atoms with van der Waals surface area (Å²) >= 11 is 7.34. The molecule has 1 saturated heterocycles. The first kappa shape index (κ1) is 17.0. The number of nitrogens with one attached hydrogen (secondary N) is 1. The van der Waals surface area contributed by atoms with Crippen molar-refractivity contribution in [1.29, 1.82) is 0 Å². The lowest BCUT2D eigenvalue weighted by Gasteiger charge is -2.36. The largest absolute Gasteiger partial charge is 0.378 e. The van der Waals surface area contributed by atoms with Crippen LogP contribution in [0.4, 0.5) is 11.4 Å². The summed E-state index contributed by atoms with van der Waals surface area (Å²) in [6, 6.07) is 6.11. The highest BCUT2D eigenvalue weighted by Crippen LogP contribution is 2.33. The SMILES string of the molecule is CC1CCCCN1c1ccc(C(N)=O)cc1NCc1cnc(Cl)s1. The van der Waals surface area contributed by atoms with Gasteiger partial charge in [-0.05, 0) is 44.4 Å². The van der Waals surface area contributed by atoms with E-state index in [-0.39, 0.29) is 0 Å². The van der Waals surface area contributed by atoms with Gasteiger partial charge in [0.2, 0.25) is 5.91 Å². The molecule has 0 saturated carbocycles. The topological polar surface area (TPSA) is 71.2 Å². The molecule has 128 valence electrons. The molecule has 0 radical (unpaired) electrons. The first-order valence-corrected chi connectivity index (χ1v) is 9.28. The lowest BCUT2D eigenvalue weighted by atomic mass is 10.0. The lowest BCUT2D eigenvalue weighted by Crippen LogP contribution is -2.37. The maximum atomic E-state index is 11.5. The number of primary amides is 1. The summed E-state index contributed by atoms with van der Waals surface area (Å²) in [6.45, 7) is 3.88. The number of hydrogen-bond acceptors (Lipinski definition) is 5. The Morgan fingerprint density at radius 3 is 3.00 bits per heavy atom. The zero-order chi connectivity index (χ0) is 17.1. The van der Waals surface area contributed by atoms with Gasteiger partial charge in [-0.2, -0.15) is 0 Å². The van der Waals surface area contributed by atoms with Crippen LogP contribution in [0.1, 0.15) is 41.4 Å². The molecule has 1 aliphatic rings. The van der Waals surface area contributed by atoms with E-state index in [0.29, 0.717) is 22.6 Å². The number of thiazole rings is 1. The number of anilines is 2. The van der Waals surface area contributed by atoms with Crippen LogP contribution in [0.15, 0.2) is 24.4 Å². The Morgan fingerprint density at radius 1 is 1.50 bits per heavy atom. The number of nitrogens with two attached hydrogens (primary N) is 1. The molecule has 2 heterocycles. The van der Waals surface area contributed by atoms with E-state index in [1.54, 1.807) is 12.3 Å². The zero-order valence-corrected chi connectivity index (χ0v) is 15.2. The second kappa shape index (κ2) is 7.40. The summed E-state index contributed by atoms with van der Waals surface area (Å²) in [6.07, 6.45) is 5.40. The average Bonchev–Trinajstić information content (AvgIpc) is 2.99. The first-order valence-electron chi connectivity index (χ1n) is 8.09. The Morgan fingerprint density at radius 2 is 2.33 bits per heavy atom. The number of aromatic nitrogens is 1. The van der Waals surface area contributed by atoms with Gasteiger partial charge in [0.05, 0.1) is 17.9 Å². The molecule has 1 aliphatic heterocycles. The van der Waals surface area contributed by atoms with Gasteiger partial charge in [-0.3, -0.25) is 4.79 Å². The molecule has 3 rings (SSSR count). The fourth-order valence-electron chi connectivity index (χ4n) is 3.09. The highest BCUT2D eigenvalue weighted by Gasteiger charge is 2.21. The number of benzene rings is 1. The van der Waals surface area contributed by atoms with Crippen LogP contribution in [0.5, 0.6) is 0 Å². The van der Waals surface area contributed by atoms with Crippen molar-refractivity contribution in [2.45, 2.75) is 38.8 Å². The van der Waals surface area contributed by atoms with Gasteiger partial charge in [0.25, 0.3) is 0 Å². The fraction of sp³-hybridized carbons (Fsp3) is 0.412. The van der Waals surface area contributed by atoms with Gasteiger partial charge in [0, 0.05) is 29.2 Å². The van der Waals surface area contributed by atoms with Crippen LogP contribution in [0.25, 0.3) is 0 Å². The minimum absolute atomic E-state index is 0.419. The molecule has 0 spiro atoms. The van der Waals surface area contributed by atoms with E-state index in [0.717, 1.165) is 22.8 Å². The maximum Gasteiger partial charge on any atom is 0.248 e. The minimum Gasteiger partial charge on any atom is -0.378 e. The monoisotopic (exact) mass is 364 g/mol. The van der Waals surface area contributed by atoms with Crippen LogP contribution in [0.2, 0.25) is 4.47 Å². The highest BCUT2D eigenvalue weighted by atomic mass is 35.5. The molecule has 1 fully saturated rings. The molecule has 3 N–H and O–H groups in total. The average molecular weight is 365 g/mol. The van der Waals surface area contributed by atoms with E-state index in [1.165, 1.54) is 30.6 Å². The summed E-state index contributed by atoms with van der Waals surface area (Å²) in [5.74, 6) is -0.419. The molecule has 24 heavy (non-hydrogen) atoms. The number of hydrogen-bond donors (Lipinski definition) is 2. The normalized spacial score (nSPS) is 17.8. The van der Waals surface area contributed by atoms with Crippen LogP contribution in [-0.4, -0.2) is 23.5 Å². The molecule has 5 nitrogen and oxygen atoms in total. The van der Waals surface area contributed by atoms with Gasteiger partial charge in [0.15, 0.2) is 4.47 Å². The number of carbonyl (C=O) groups excluding carboxylic acids is 1. The van der Waals surface area contributed by atoms with Gasteiger partial charge >= 0.3 is 0 Å². The van der Waals surface area contributed by atoms with E-state index < -0.39 is 5.91 Å². The van der Waals surface area contributed by atoms with E-state index in [9.17, 15) is 4.79 Å². The van der Waals surface area contributed by atoms with Crippen molar-refractivity contribution < 1.29 is 4.79 Å². The minimum atomic E-state index is -0.419. The summed E-state index contributed by atoms with van der Waals surface area (Å²) in [5.41, 5.74) is 7.99. The van der Waals surface area contributed by atoms with Crippen molar-refractivity contribution in [1.82, 2.24) is 4.98 Å². The van der Waals surface area contributed by atoms with Crippen molar-refractivity contribution >= 4 is 40.2 Å². The van der Waals surface area contributed by atoms with Crippen LogP contribution in [0.3, 0.4) is 0 Å². The van der Waals surface area contributed by atoms with Crippen molar-refractivity contribution in [2.75, 3.05) is 16.8 Å². The van der Waals surface area contributed by atoms with E-state index >= 15 is 0 Å². The van der Waals surface area contributed by atoms with Crippen LogP contribution < -0.4 is 16.0 Å². The van der Waals surface area contributed by atoms with Gasteiger partial charge in [0.1, 0.15) is 0 Å². The van der Waals surface area contributed by atoms with Crippen LogP contribution >= 0.6 is 22.9 Å². The molecule has 0 aliphatic carbocycles. The smallest absolute Gasteiger partial charge is 0.248 e. The van der Waals surface area contributed by atoms with Gasteiger partial charge in [-0.15, -0.1) is 11.3 Å². The summed E-state index contributed by atoms with van der Waals surface area (Å²) in [5, 5.41) is 3.42. The zero-order valence-electron chi connectivity index (χ0n) is 13.6. The third-order valence-corrected chi connectivity index (χ3v) is 5.49. The third-order valence-electron chi connectivity index (χ3n) is 4.37. The standard InChI is InChI=1S/C17H21ClN4OS/c1-11-4-2-3-7-22(11)15-6-5-12(16(19)23)8-14(15)20-9-13-10-21-17(18)24-13/h5-6,8,10-11,20H,2-4,7,9H2,1H3,(H2,19,23). The number of amides is 1. The van der Waals surface area contributed by atoms with Crippen LogP contribution in [-0.2, 0) is 6.54 Å². The predicted octanol–water partition coefficient (Wildman–Crippen LogP) is 3.89. The Labute approximate surface area is 150 Å². The van der Waals surface area contributed by atoms with Crippen molar-refractivity contribution in [2.24, 2.45) is 5.73 Å². The summed E-state index contributed by atoms with van der Waals surface area (Å²) < 4.78 is 0.530. The second-order valence-electron chi connectivity index (χ2n) is 6.07. The fourth-order valence-corrected chi connectivity index (χ4v) is 4.00. The molecule has 0 bridgehead atoms. The third kappa shape index (κ3) is 3.82. The summed E-state index contributed by atoms with van der Waals surface area (Å²) in [4.78, 5) is 19.0. The molecule has 2 aromatic rings. The number of nitrogens with zero attached hydrogens (tertiary/aromatic N) is 2. The van der Waals surface area contributed by atoms with Gasteiger partial charge < -0.3 is 16.0 Å². The first-order chi connectivity index (χ1) is 11.5. The number of rotatable bonds is 5. The van der Waals surface area contributed by atoms with Crippen molar-refractivity contribution in [3.8, 4) is 0 Å². The van der Waals surface area contributed by atoms with E-state index in [4.69, 9.17) is 17.3 Å². The molecular formula is C17H21ClN4OS. The van der Waals surface area contributed by atoms with Crippen molar-refractivity contribution in [3.05, 3.63) is 39.3 Å². The Balaban J connectivity index is 1.87. The molecule has 1 aromatic heterocycles. The van der Waals surface area contributed by atoms with Crippen LogP contribution in [0, 0.1) is 0 Å². The molecule has 1 atom stereocenters. The maximum absolute atomic E-state index is 11.5. The number of piperidine rings is 1. The quantitative estimate of drug-likeness (QED) is 0.844. The van der Waals surface area contributed by atoms with E-state index in [2.05, 4.69) is 22.1 Å². The lowest BCUT2D eigenvalue weighted by molar-refractivity contribution is 0.100. The highest BCUT2D eigenvalue weighted by molar-refractivity contribution is 7.15. The summed E-state index contributed by atoms with van der Waals surface area (Å²) in [7, 11) is 0. The van der Waals surface area contributed by atoms with Crippen molar-refractivity contribution in [3.63, 3.8) is 0 Å². The molecule has 1 unspecified atom stereocenters. The molecular weight excluding hydrogens is 344 g/mol.